The molecular weight excluding hydrogens is 536 g/mol. The van der Waals surface area contributed by atoms with E-state index in [4.69, 9.17) is 39.8 Å². The molecule has 0 spiro atoms. The molecule has 0 amide bonds. The second-order valence-corrected chi connectivity index (χ2v) is 11.3. The highest BCUT2D eigenvalue weighted by molar-refractivity contribution is 7.19. The number of thiazole rings is 1. The van der Waals surface area contributed by atoms with Gasteiger partial charge in [-0.2, -0.15) is 0 Å². The standard InChI is InChI=1S/C28H25Cl3FN3S/c29-22-6-1-19(2-7-22)26-27(20-3-8-23(30)9-4-20)36-28(34-26)33-16-18-11-13-35(14-12-18)17-21-5-10-24(32)15-25(21)31/h1-10,15,18H,11-14,16-17H2,(H,33,34). The fourth-order valence-corrected chi connectivity index (χ4v) is 5.95. The number of aromatic nitrogens is 1. The van der Waals surface area contributed by atoms with Crippen LogP contribution in [0, 0.1) is 11.7 Å². The molecule has 0 bridgehead atoms. The van der Waals surface area contributed by atoms with Crippen molar-refractivity contribution in [2.75, 3.05) is 25.0 Å². The smallest absolute Gasteiger partial charge is 0.183 e. The monoisotopic (exact) mass is 559 g/mol. The van der Waals surface area contributed by atoms with Crippen molar-refractivity contribution in [2.45, 2.75) is 19.4 Å². The zero-order valence-electron chi connectivity index (χ0n) is 19.5. The van der Waals surface area contributed by atoms with Crippen LogP contribution in [-0.2, 0) is 6.54 Å². The SMILES string of the molecule is Fc1ccc(CN2CCC(CNc3nc(-c4ccc(Cl)cc4)c(-c4ccc(Cl)cc4)s3)CC2)c(Cl)c1. The van der Waals surface area contributed by atoms with Crippen LogP contribution in [0.2, 0.25) is 15.1 Å². The van der Waals surface area contributed by atoms with Gasteiger partial charge in [-0.3, -0.25) is 4.90 Å². The second kappa shape index (κ2) is 11.5. The number of piperidine rings is 1. The summed E-state index contributed by atoms with van der Waals surface area (Å²) in [4.78, 5) is 8.44. The first kappa shape index (κ1) is 25.5. The molecule has 0 aliphatic carbocycles. The zero-order valence-corrected chi connectivity index (χ0v) is 22.6. The van der Waals surface area contributed by atoms with E-state index in [1.807, 2.05) is 48.5 Å². The van der Waals surface area contributed by atoms with Crippen LogP contribution in [0.3, 0.4) is 0 Å². The molecule has 3 aromatic carbocycles. The van der Waals surface area contributed by atoms with Gasteiger partial charge in [-0.05, 0) is 79.4 Å². The quantitative estimate of drug-likeness (QED) is 0.245. The number of nitrogens with one attached hydrogen (secondary N) is 1. The Kier molecular flexibility index (Phi) is 8.14. The van der Waals surface area contributed by atoms with Crippen LogP contribution in [0.1, 0.15) is 18.4 Å². The average molecular weight is 561 g/mol. The summed E-state index contributed by atoms with van der Waals surface area (Å²) in [5.74, 6) is 0.265. The summed E-state index contributed by atoms with van der Waals surface area (Å²) in [6.07, 6.45) is 2.18. The molecule has 0 atom stereocenters. The van der Waals surface area contributed by atoms with Crippen LogP contribution in [-0.4, -0.2) is 29.5 Å². The van der Waals surface area contributed by atoms with Gasteiger partial charge in [0.15, 0.2) is 5.13 Å². The Hall–Kier alpha value is -2.15. The Morgan fingerprint density at radius 1 is 0.889 bits per heavy atom. The molecule has 1 aliphatic rings. The average Bonchev–Trinajstić information content (AvgIpc) is 3.30. The third kappa shape index (κ3) is 6.21. The third-order valence-corrected chi connectivity index (χ3v) is 8.43. The molecule has 1 aromatic heterocycles. The van der Waals surface area contributed by atoms with E-state index in [1.54, 1.807) is 17.4 Å². The minimum absolute atomic E-state index is 0.297. The molecule has 0 unspecified atom stereocenters. The molecule has 2 heterocycles. The molecule has 5 rings (SSSR count). The lowest BCUT2D eigenvalue weighted by molar-refractivity contribution is 0.182. The molecule has 1 saturated heterocycles. The van der Waals surface area contributed by atoms with Gasteiger partial charge in [-0.15, -0.1) is 0 Å². The summed E-state index contributed by atoms with van der Waals surface area (Å²) >= 11 is 20.1. The van der Waals surface area contributed by atoms with Gasteiger partial charge in [0, 0.05) is 33.7 Å². The van der Waals surface area contributed by atoms with Crippen LogP contribution < -0.4 is 5.32 Å². The minimum atomic E-state index is -0.297. The minimum Gasteiger partial charge on any atom is -0.361 e. The molecule has 36 heavy (non-hydrogen) atoms. The lowest BCUT2D eigenvalue weighted by Gasteiger charge is -2.32. The van der Waals surface area contributed by atoms with Gasteiger partial charge >= 0.3 is 0 Å². The molecular formula is C28H25Cl3FN3S. The maximum Gasteiger partial charge on any atom is 0.183 e. The second-order valence-electron chi connectivity index (χ2n) is 9.05. The Bertz CT molecular complexity index is 1250. The summed E-state index contributed by atoms with van der Waals surface area (Å²) in [5.41, 5.74) is 4.03. The molecule has 186 valence electrons. The van der Waals surface area contributed by atoms with E-state index in [1.165, 1.54) is 12.1 Å². The molecule has 1 fully saturated rings. The van der Waals surface area contributed by atoms with E-state index in [0.29, 0.717) is 21.0 Å². The molecule has 1 aliphatic heterocycles. The van der Waals surface area contributed by atoms with Crippen LogP contribution in [0.25, 0.3) is 21.7 Å². The van der Waals surface area contributed by atoms with E-state index < -0.39 is 0 Å². The van der Waals surface area contributed by atoms with Crippen LogP contribution in [0.5, 0.6) is 0 Å². The van der Waals surface area contributed by atoms with Crippen molar-refractivity contribution in [2.24, 2.45) is 5.92 Å². The van der Waals surface area contributed by atoms with Crippen molar-refractivity contribution >= 4 is 51.3 Å². The van der Waals surface area contributed by atoms with E-state index in [2.05, 4.69) is 10.2 Å². The summed E-state index contributed by atoms with van der Waals surface area (Å²) in [5, 5.41) is 6.41. The topological polar surface area (TPSA) is 28.2 Å². The summed E-state index contributed by atoms with van der Waals surface area (Å²) in [6.45, 7) is 3.60. The number of benzene rings is 3. The molecule has 1 N–H and O–H groups in total. The Morgan fingerprint density at radius 2 is 1.53 bits per heavy atom. The summed E-state index contributed by atoms with van der Waals surface area (Å²) in [7, 11) is 0. The highest BCUT2D eigenvalue weighted by Crippen LogP contribution is 2.40. The summed E-state index contributed by atoms with van der Waals surface area (Å²) in [6, 6.07) is 20.3. The lowest BCUT2D eigenvalue weighted by atomic mass is 9.96. The van der Waals surface area contributed by atoms with E-state index >= 15 is 0 Å². The predicted octanol–water partition coefficient (Wildman–Crippen LogP) is 8.90. The fraction of sp³-hybridized carbons (Fsp3) is 0.250. The van der Waals surface area contributed by atoms with E-state index in [9.17, 15) is 4.39 Å². The molecule has 0 saturated carbocycles. The Morgan fingerprint density at radius 3 is 2.17 bits per heavy atom. The normalized spacial score (nSPS) is 14.8. The number of likely N-dealkylation sites (tertiary alicyclic amines) is 1. The molecule has 4 aromatic rings. The van der Waals surface area contributed by atoms with Gasteiger partial charge in [0.25, 0.3) is 0 Å². The first-order valence-electron chi connectivity index (χ1n) is 11.9. The Balaban J connectivity index is 1.24. The largest absolute Gasteiger partial charge is 0.361 e. The number of rotatable bonds is 7. The first-order chi connectivity index (χ1) is 17.4. The molecule has 0 radical (unpaired) electrons. The van der Waals surface area contributed by atoms with Crippen molar-refractivity contribution in [3.05, 3.63) is 93.2 Å². The maximum absolute atomic E-state index is 13.3. The third-order valence-electron chi connectivity index (χ3n) is 6.51. The van der Waals surface area contributed by atoms with Crippen molar-refractivity contribution in [3.8, 4) is 21.7 Å². The number of nitrogens with zero attached hydrogens (tertiary/aromatic N) is 2. The van der Waals surface area contributed by atoms with Crippen LogP contribution in [0.4, 0.5) is 9.52 Å². The predicted molar refractivity (Wildman–Crippen MR) is 151 cm³/mol. The fourth-order valence-electron chi connectivity index (χ4n) is 4.47. The highest BCUT2D eigenvalue weighted by atomic mass is 35.5. The van der Waals surface area contributed by atoms with Gasteiger partial charge in [0.1, 0.15) is 5.82 Å². The van der Waals surface area contributed by atoms with Gasteiger partial charge in [0.05, 0.1) is 10.6 Å². The highest BCUT2D eigenvalue weighted by Gasteiger charge is 2.21. The van der Waals surface area contributed by atoms with Gasteiger partial charge in [0.2, 0.25) is 0 Å². The van der Waals surface area contributed by atoms with Crippen molar-refractivity contribution in [1.82, 2.24) is 9.88 Å². The number of halogens is 4. The van der Waals surface area contributed by atoms with Crippen molar-refractivity contribution in [3.63, 3.8) is 0 Å². The lowest BCUT2D eigenvalue weighted by Crippen LogP contribution is -2.35. The van der Waals surface area contributed by atoms with Crippen molar-refractivity contribution in [1.29, 1.82) is 0 Å². The number of anilines is 1. The molecule has 3 nitrogen and oxygen atoms in total. The van der Waals surface area contributed by atoms with E-state index in [0.717, 1.165) is 71.4 Å². The maximum atomic E-state index is 13.3. The van der Waals surface area contributed by atoms with Gasteiger partial charge in [-0.25, -0.2) is 9.37 Å². The van der Waals surface area contributed by atoms with Crippen molar-refractivity contribution < 1.29 is 4.39 Å². The zero-order chi connectivity index (χ0) is 25.1. The van der Waals surface area contributed by atoms with E-state index in [-0.39, 0.29) is 5.82 Å². The first-order valence-corrected chi connectivity index (χ1v) is 13.8. The number of hydrogen-bond acceptors (Lipinski definition) is 4. The van der Waals surface area contributed by atoms with Crippen LogP contribution >= 0.6 is 46.1 Å². The van der Waals surface area contributed by atoms with Gasteiger partial charge in [-0.1, -0.05) is 76.5 Å². The van der Waals surface area contributed by atoms with Gasteiger partial charge < -0.3 is 5.32 Å². The number of hydrogen-bond donors (Lipinski definition) is 1. The van der Waals surface area contributed by atoms with Crippen LogP contribution in [0.15, 0.2) is 66.7 Å². The summed E-state index contributed by atoms with van der Waals surface area (Å²) < 4.78 is 13.3. The molecule has 8 heteroatoms. The Labute approximate surface area is 229 Å².